The van der Waals surface area contributed by atoms with Gasteiger partial charge >= 0.3 is 0 Å². The zero-order chi connectivity index (χ0) is 20.4. The number of aromatic nitrogens is 2. The third kappa shape index (κ3) is 3.62. The zero-order valence-electron chi connectivity index (χ0n) is 16.0. The molecule has 7 nitrogen and oxygen atoms in total. The largest absolute Gasteiger partial charge is 0.496 e. The molecule has 2 aromatic heterocycles. The number of anilines is 1. The molecule has 4 aromatic rings. The summed E-state index contributed by atoms with van der Waals surface area (Å²) in [6, 6.07) is 16.1. The molecule has 29 heavy (non-hydrogen) atoms. The van der Waals surface area contributed by atoms with Gasteiger partial charge in [0.2, 0.25) is 5.91 Å². The van der Waals surface area contributed by atoms with Crippen molar-refractivity contribution in [2.75, 3.05) is 12.4 Å². The molecular weight excluding hydrogens is 370 g/mol. The van der Waals surface area contributed by atoms with Gasteiger partial charge in [-0.05, 0) is 31.2 Å². The van der Waals surface area contributed by atoms with Crippen LogP contribution in [0.4, 0.5) is 5.69 Å². The second-order valence-electron chi connectivity index (χ2n) is 6.59. The maximum Gasteiger partial charge on any atom is 0.264 e. The minimum absolute atomic E-state index is 0.162. The number of para-hydroxylation sites is 1. The Hall–Kier alpha value is -3.87. The number of fused-ring (bicyclic) bond motifs is 1. The van der Waals surface area contributed by atoms with Gasteiger partial charge < -0.3 is 14.6 Å². The lowest BCUT2D eigenvalue weighted by Gasteiger charge is -2.11. The van der Waals surface area contributed by atoms with Crippen molar-refractivity contribution in [3.63, 3.8) is 0 Å². The van der Waals surface area contributed by atoms with Crippen LogP contribution in [0.5, 0.6) is 5.75 Å². The van der Waals surface area contributed by atoms with Gasteiger partial charge in [0.1, 0.15) is 11.5 Å². The first-order valence-corrected chi connectivity index (χ1v) is 9.06. The van der Waals surface area contributed by atoms with Crippen LogP contribution in [-0.2, 0) is 11.2 Å². The van der Waals surface area contributed by atoms with Crippen LogP contribution in [0.25, 0.3) is 16.6 Å². The molecule has 0 aliphatic rings. The number of hydrogen-bond donors (Lipinski definition) is 1. The van der Waals surface area contributed by atoms with Crippen molar-refractivity contribution in [2.45, 2.75) is 13.3 Å². The lowest BCUT2D eigenvalue weighted by Crippen LogP contribution is -2.19. The molecule has 4 rings (SSSR count). The third-order valence-corrected chi connectivity index (χ3v) is 4.63. The number of aryl methyl sites for hydroxylation is 1. The minimum atomic E-state index is -0.239. The molecule has 7 heteroatoms. The number of nitrogens with one attached hydrogen (secondary N) is 1. The van der Waals surface area contributed by atoms with Crippen LogP contribution >= 0.6 is 0 Å². The highest BCUT2D eigenvalue weighted by molar-refractivity contribution is 6.02. The van der Waals surface area contributed by atoms with Gasteiger partial charge in [0.05, 0.1) is 13.5 Å². The van der Waals surface area contributed by atoms with Crippen molar-refractivity contribution < 1.29 is 14.1 Å². The number of nitrogens with zero attached hydrogens (tertiary/aromatic N) is 2. The van der Waals surface area contributed by atoms with Crippen LogP contribution in [0, 0.1) is 6.92 Å². The molecule has 0 saturated heterocycles. The Morgan fingerprint density at radius 3 is 2.72 bits per heavy atom. The van der Waals surface area contributed by atoms with E-state index >= 15 is 0 Å². The minimum Gasteiger partial charge on any atom is -0.496 e. The third-order valence-electron chi connectivity index (χ3n) is 4.63. The van der Waals surface area contributed by atoms with Crippen molar-refractivity contribution in [1.82, 2.24) is 9.72 Å². The lowest BCUT2D eigenvalue weighted by atomic mass is 10.1. The summed E-state index contributed by atoms with van der Waals surface area (Å²) in [6.45, 7) is 1.76. The number of rotatable bonds is 5. The summed E-state index contributed by atoms with van der Waals surface area (Å²) < 4.78 is 11.8. The first-order chi connectivity index (χ1) is 14.1. The number of pyridine rings is 1. The fourth-order valence-electron chi connectivity index (χ4n) is 3.25. The summed E-state index contributed by atoms with van der Waals surface area (Å²) in [5, 5.41) is 7.92. The second kappa shape index (κ2) is 7.63. The molecule has 0 spiro atoms. The van der Waals surface area contributed by atoms with Gasteiger partial charge in [0, 0.05) is 34.3 Å². The molecule has 2 heterocycles. The lowest BCUT2D eigenvalue weighted by molar-refractivity contribution is -0.115. The molecule has 1 N–H and O–H groups in total. The first kappa shape index (κ1) is 18.5. The van der Waals surface area contributed by atoms with E-state index in [4.69, 9.17) is 9.26 Å². The van der Waals surface area contributed by atoms with Crippen molar-refractivity contribution in [2.24, 2.45) is 0 Å². The number of hydrogen-bond acceptors (Lipinski definition) is 5. The highest BCUT2D eigenvalue weighted by Gasteiger charge is 2.13. The molecule has 0 atom stereocenters. The van der Waals surface area contributed by atoms with Gasteiger partial charge in [-0.2, -0.15) is 0 Å². The molecule has 0 fully saturated rings. The van der Waals surface area contributed by atoms with E-state index in [1.807, 2.05) is 24.3 Å². The zero-order valence-corrected chi connectivity index (χ0v) is 16.0. The van der Waals surface area contributed by atoms with Gasteiger partial charge in [-0.3, -0.25) is 14.2 Å². The van der Waals surface area contributed by atoms with E-state index in [2.05, 4.69) is 10.5 Å². The summed E-state index contributed by atoms with van der Waals surface area (Å²) in [5.74, 6) is 1.49. The van der Waals surface area contributed by atoms with Crippen molar-refractivity contribution in [3.8, 4) is 11.6 Å². The average molecular weight is 389 g/mol. The fraction of sp³-hybridized carbons (Fsp3) is 0.136. The van der Waals surface area contributed by atoms with Crippen LogP contribution < -0.4 is 15.6 Å². The maximum absolute atomic E-state index is 12.9. The molecule has 0 saturated carbocycles. The Morgan fingerprint density at radius 1 is 1.14 bits per heavy atom. The van der Waals surface area contributed by atoms with Gasteiger partial charge in [-0.15, -0.1) is 0 Å². The van der Waals surface area contributed by atoms with Crippen LogP contribution in [0.2, 0.25) is 0 Å². The maximum atomic E-state index is 12.9. The first-order valence-electron chi connectivity index (χ1n) is 9.06. The van der Waals surface area contributed by atoms with E-state index in [0.717, 1.165) is 5.56 Å². The number of amides is 1. The highest BCUT2D eigenvalue weighted by Crippen LogP contribution is 2.23. The molecule has 2 aromatic carbocycles. The molecule has 0 aliphatic heterocycles. The number of benzene rings is 2. The normalized spacial score (nSPS) is 10.8. The molecule has 0 radical (unpaired) electrons. The Bertz CT molecular complexity index is 1260. The second-order valence-corrected chi connectivity index (χ2v) is 6.59. The van der Waals surface area contributed by atoms with Gasteiger partial charge in [0.25, 0.3) is 5.56 Å². The van der Waals surface area contributed by atoms with Crippen LogP contribution in [-0.4, -0.2) is 22.7 Å². The van der Waals surface area contributed by atoms with Gasteiger partial charge in [0.15, 0.2) is 5.82 Å². The van der Waals surface area contributed by atoms with Crippen molar-refractivity contribution in [1.29, 1.82) is 0 Å². The Morgan fingerprint density at radius 2 is 1.97 bits per heavy atom. The molecule has 0 unspecified atom stereocenters. The highest BCUT2D eigenvalue weighted by atomic mass is 16.5. The number of methoxy groups -OCH3 is 1. The SMILES string of the molecule is COc1ccccc1CC(=O)Nc1cccc2c(=O)n(-c3cc(C)on3)ccc12. The Balaban J connectivity index is 1.65. The van der Waals surface area contributed by atoms with Crippen molar-refractivity contribution >= 4 is 22.4 Å². The van der Waals surface area contributed by atoms with E-state index in [0.29, 0.717) is 33.8 Å². The standard InChI is InChI=1S/C22H19N3O4/c1-14-12-20(24-29-14)25-11-10-16-17(22(25)27)7-5-8-18(16)23-21(26)13-15-6-3-4-9-19(15)28-2/h3-12H,13H2,1-2H3,(H,23,26). The summed E-state index contributed by atoms with van der Waals surface area (Å²) in [6.07, 6.45) is 1.79. The fourth-order valence-corrected chi connectivity index (χ4v) is 3.25. The summed E-state index contributed by atoms with van der Waals surface area (Å²) in [5.41, 5.74) is 1.12. The van der Waals surface area contributed by atoms with E-state index in [1.165, 1.54) is 4.57 Å². The van der Waals surface area contributed by atoms with Crippen molar-refractivity contribution in [3.05, 3.63) is 82.5 Å². The molecule has 1 amide bonds. The Kier molecular flexibility index (Phi) is 4.87. The quantitative estimate of drug-likeness (QED) is 0.565. The predicted molar refractivity (Wildman–Crippen MR) is 110 cm³/mol. The molecule has 0 bridgehead atoms. The van der Waals surface area contributed by atoms with Crippen LogP contribution in [0.3, 0.4) is 0 Å². The molecule has 146 valence electrons. The average Bonchev–Trinajstić information content (AvgIpc) is 3.15. The number of carbonyl (C=O) groups excluding carboxylic acids is 1. The summed E-state index contributed by atoms with van der Waals surface area (Å²) >= 11 is 0. The number of ether oxygens (including phenoxy) is 1. The van der Waals surface area contributed by atoms with E-state index < -0.39 is 0 Å². The van der Waals surface area contributed by atoms with Gasteiger partial charge in [-0.1, -0.05) is 29.4 Å². The number of carbonyl (C=O) groups is 1. The topological polar surface area (TPSA) is 86.4 Å². The summed E-state index contributed by atoms with van der Waals surface area (Å²) in [4.78, 5) is 25.5. The van der Waals surface area contributed by atoms with E-state index in [1.54, 1.807) is 50.6 Å². The van der Waals surface area contributed by atoms with E-state index in [9.17, 15) is 9.59 Å². The molecule has 0 aliphatic carbocycles. The predicted octanol–water partition coefficient (Wildman–Crippen LogP) is 3.48. The van der Waals surface area contributed by atoms with E-state index in [-0.39, 0.29) is 17.9 Å². The van der Waals surface area contributed by atoms with Gasteiger partial charge in [-0.25, -0.2) is 0 Å². The Labute approximate surface area is 166 Å². The monoisotopic (exact) mass is 389 g/mol. The van der Waals surface area contributed by atoms with Crippen LogP contribution in [0.15, 0.2) is 70.1 Å². The summed E-state index contributed by atoms with van der Waals surface area (Å²) in [7, 11) is 1.57. The van der Waals surface area contributed by atoms with Crippen LogP contribution in [0.1, 0.15) is 11.3 Å². The smallest absolute Gasteiger partial charge is 0.264 e. The molecular formula is C22H19N3O4.